The molecule has 0 radical (unpaired) electrons. The van der Waals surface area contributed by atoms with E-state index in [4.69, 9.17) is 4.74 Å². The molecule has 2 atom stereocenters. The van der Waals surface area contributed by atoms with E-state index in [9.17, 15) is 0 Å². The number of rotatable bonds is 2. The van der Waals surface area contributed by atoms with E-state index in [0.717, 1.165) is 17.1 Å². The normalized spacial score (nSPS) is 17.7. The first-order valence-electron chi connectivity index (χ1n) is 13.7. The molecule has 0 N–H and O–H groups in total. The lowest BCUT2D eigenvalue weighted by Gasteiger charge is -2.22. The maximum absolute atomic E-state index is 6.34. The van der Waals surface area contributed by atoms with Crippen molar-refractivity contribution >= 4 is 21.5 Å². The molecule has 39 heavy (non-hydrogen) atoms. The quantitative estimate of drug-likeness (QED) is 0.231. The van der Waals surface area contributed by atoms with Crippen LogP contribution in [0.4, 0.5) is 0 Å². The van der Waals surface area contributed by atoms with Gasteiger partial charge in [0.2, 0.25) is 0 Å². The highest BCUT2D eigenvalue weighted by atomic mass is 16.5. The topological polar surface area (TPSA) is 9.23 Å². The second-order valence-electron chi connectivity index (χ2n) is 10.8. The van der Waals surface area contributed by atoms with Gasteiger partial charge in [0.15, 0.2) is 0 Å². The number of para-hydroxylation sites is 1. The molecule has 182 valence electrons. The Morgan fingerprint density at radius 3 is 1.90 bits per heavy atom. The van der Waals surface area contributed by atoms with Crippen LogP contribution in [0.15, 0.2) is 133 Å². The maximum atomic E-state index is 6.34. The molecule has 0 saturated carbocycles. The number of hydrogen-bond acceptors (Lipinski definition) is 1. The van der Waals surface area contributed by atoms with Crippen LogP contribution in [-0.2, 0) is 0 Å². The van der Waals surface area contributed by atoms with Crippen LogP contribution >= 0.6 is 0 Å². The molecule has 9 rings (SSSR count). The Hall–Kier alpha value is -4.88. The largest absolute Gasteiger partial charge is 0.456 e. The van der Waals surface area contributed by atoms with Crippen LogP contribution in [0.1, 0.15) is 23.0 Å². The van der Waals surface area contributed by atoms with Gasteiger partial charge >= 0.3 is 0 Å². The molecule has 2 unspecified atom stereocenters. The minimum atomic E-state index is 0.445. The molecule has 0 fully saturated rings. The molecule has 1 nitrogen and oxygen atoms in total. The van der Waals surface area contributed by atoms with E-state index >= 15 is 0 Å². The minimum Gasteiger partial charge on any atom is -0.456 e. The van der Waals surface area contributed by atoms with Gasteiger partial charge < -0.3 is 4.74 Å². The zero-order valence-corrected chi connectivity index (χ0v) is 21.3. The van der Waals surface area contributed by atoms with Crippen molar-refractivity contribution in [1.82, 2.24) is 0 Å². The van der Waals surface area contributed by atoms with Gasteiger partial charge in [-0.15, -0.1) is 0 Å². The summed E-state index contributed by atoms with van der Waals surface area (Å²) in [6.07, 6.45) is 9.11. The first-order valence-corrected chi connectivity index (χ1v) is 13.7. The molecule has 1 heterocycles. The predicted molar refractivity (Wildman–Crippen MR) is 162 cm³/mol. The third-order valence-electron chi connectivity index (χ3n) is 8.84. The van der Waals surface area contributed by atoms with E-state index in [1.807, 2.05) is 12.1 Å². The number of ether oxygens (including phenoxy) is 1. The summed E-state index contributed by atoms with van der Waals surface area (Å²) in [6.45, 7) is 0. The van der Waals surface area contributed by atoms with Crippen LogP contribution in [0.3, 0.4) is 0 Å². The zero-order chi connectivity index (χ0) is 25.5. The summed E-state index contributed by atoms with van der Waals surface area (Å²) < 4.78 is 6.34. The number of hydrogen-bond donors (Lipinski definition) is 0. The molecular formula is C38H24O. The van der Waals surface area contributed by atoms with E-state index in [0.29, 0.717) is 11.8 Å². The van der Waals surface area contributed by atoms with Crippen molar-refractivity contribution < 1.29 is 4.74 Å². The van der Waals surface area contributed by atoms with Crippen molar-refractivity contribution in [2.24, 2.45) is 0 Å². The molecule has 6 aromatic carbocycles. The first-order chi connectivity index (χ1) is 19.3. The summed E-state index contributed by atoms with van der Waals surface area (Å²) in [5, 5.41) is 5.19. The molecule has 0 amide bonds. The van der Waals surface area contributed by atoms with Gasteiger partial charge in [-0.2, -0.15) is 0 Å². The van der Waals surface area contributed by atoms with E-state index in [2.05, 4.69) is 121 Å². The molecule has 6 aromatic rings. The van der Waals surface area contributed by atoms with Gasteiger partial charge in [0.25, 0.3) is 0 Å². The lowest BCUT2D eigenvalue weighted by atomic mass is 9.86. The van der Waals surface area contributed by atoms with E-state index in [1.165, 1.54) is 60.5 Å². The molecule has 1 aliphatic heterocycles. The lowest BCUT2D eigenvalue weighted by molar-refractivity contribution is 0.487. The highest BCUT2D eigenvalue weighted by Crippen LogP contribution is 2.52. The number of fused-ring (bicyclic) bond motifs is 5. The summed E-state index contributed by atoms with van der Waals surface area (Å²) in [6, 6.07) is 39.8. The second kappa shape index (κ2) is 7.82. The summed E-state index contributed by atoms with van der Waals surface area (Å²) in [5.41, 5.74) is 10.3. The Bertz CT molecular complexity index is 2030. The minimum absolute atomic E-state index is 0.445. The maximum Gasteiger partial charge on any atom is 0.135 e. The van der Waals surface area contributed by atoms with Crippen molar-refractivity contribution in [3.05, 3.63) is 145 Å². The average Bonchev–Trinajstić information content (AvgIpc) is 3.33. The molecule has 3 aliphatic rings. The fourth-order valence-corrected chi connectivity index (χ4v) is 7.16. The summed E-state index contributed by atoms with van der Waals surface area (Å²) in [7, 11) is 0. The Morgan fingerprint density at radius 1 is 0.436 bits per heavy atom. The number of benzene rings is 6. The fraction of sp³-hybridized carbons (Fsp3) is 0.0526. The Balaban J connectivity index is 1.23. The molecular weight excluding hydrogens is 472 g/mol. The summed E-state index contributed by atoms with van der Waals surface area (Å²) >= 11 is 0. The van der Waals surface area contributed by atoms with Crippen LogP contribution in [0.25, 0.3) is 54.9 Å². The van der Waals surface area contributed by atoms with Gasteiger partial charge in [-0.1, -0.05) is 115 Å². The molecule has 0 spiro atoms. The Morgan fingerprint density at radius 2 is 1.08 bits per heavy atom. The van der Waals surface area contributed by atoms with Crippen molar-refractivity contribution in [2.75, 3.05) is 0 Å². The van der Waals surface area contributed by atoms with Crippen molar-refractivity contribution in [3.8, 4) is 44.9 Å². The van der Waals surface area contributed by atoms with E-state index in [-0.39, 0.29) is 0 Å². The highest BCUT2D eigenvalue weighted by molar-refractivity contribution is 6.10. The number of allylic oxidation sites excluding steroid dienone is 4. The van der Waals surface area contributed by atoms with Crippen molar-refractivity contribution in [3.63, 3.8) is 0 Å². The van der Waals surface area contributed by atoms with Gasteiger partial charge in [0.1, 0.15) is 11.5 Å². The molecule has 1 heteroatoms. The molecule has 0 aromatic heterocycles. The van der Waals surface area contributed by atoms with Gasteiger partial charge in [-0.05, 0) is 73.3 Å². The van der Waals surface area contributed by atoms with Crippen molar-refractivity contribution in [2.45, 2.75) is 11.8 Å². The van der Waals surface area contributed by atoms with E-state index < -0.39 is 0 Å². The first kappa shape index (κ1) is 21.1. The highest BCUT2D eigenvalue weighted by Gasteiger charge is 2.32. The monoisotopic (exact) mass is 496 g/mol. The standard InChI is InChI=1S/C38H24O/c1-2-11-28-27(10-1)32-15-6-13-30-25(18-19-34(28)37(30)32)23-8-5-9-24(22-23)26-20-21-36-38-31(26)14-7-16-33(38)29-12-3-4-17-35(29)39-36/h1-22,27-28H. The second-order valence-corrected chi connectivity index (χ2v) is 10.8. The fourth-order valence-electron chi connectivity index (χ4n) is 7.16. The van der Waals surface area contributed by atoms with Gasteiger partial charge in [0, 0.05) is 22.8 Å². The van der Waals surface area contributed by atoms with Gasteiger partial charge in [-0.25, -0.2) is 0 Å². The van der Waals surface area contributed by atoms with Crippen LogP contribution in [0.5, 0.6) is 11.5 Å². The van der Waals surface area contributed by atoms with Crippen LogP contribution < -0.4 is 4.74 Å². The molecule has 0 saturated heterocycles. The summed E-state index contributed by atoms with van der Waals surface area (Å²) in [5.74, 6) is 2.74. The molecule has 0 bridgehead atoms. The van der Waals surface area contributed by atoms with Gasteiger partial charge in [-0.3, -0.25) is 0 Å². The van der Waals surface area contributed by atoms with Crippen LogP contribution in [-0.4, -0.2) is 0 Å². The van der Waals surface area contributed by atoms with Crippen LogP contribution in [0.2, 0.25) is 0 Å². The Labute approximate surface area is 227 Å². The lowest BCUT2D eigenvalue weighted by Crippen LogP contribution is -2.01. The third-order valence-corrected chi connectivity index (χ3v) is 8.84. The predicted octanol–water partition coefficient (Wildman–Crippen LogP) is 10.4. The molecule has 2 aliphatic carbocycles. The zero-order valence-electron chi connectivity index (χ0n) is 21.3. The van der Waals surface area contributed by atoms with Crippen LogP contribution in [0, 0.1) is 0 Å². The summed E-state index contributed by atoms with van der Waals surface area (Å²) in [4.78, 5) is 0. The average molecular weight is 497 g/mol. The van der Waals surface area contributed by atoms with E-state index in [1.54, 1.807) is 0 Å². The Kier molecular flexibility index (Phi) is 4.23. The SMILES string of the molecule is C1=CC2c3cccc4c(-c5cccc(-c6ccc7c8c(cccc68)-c6ccccc6O7)c5)ccc(c34)C2C=C1. The third kappa shape index (κ3) is 2.90. The van der Waals surface area contributed by atoms with Gasteiger partial charge in [0.05, 0.1) is 0 Å². The smallest absolute Gasteiger partial charge is 0.135 e. The van der Waals surface area contributed by atoms with Crippen molar-refractivity contribution in [1.29, 1.82) is 0 Å².